The van der Waals surface area contributed by atoms with Crippen molar-refractivity contribution >= 4 is 16.8 Å². The number of nitrogens with zero attached hydrogens (tertiary/aromatic N) is 1. The minimum Gasteiger partial charge on any atom is -0.356 e. The molecule has 0 aromatic heterocycles. The maximum Gasteiger partial charge on any atom is 0.191 e. The number of aliphatic imine (C=N–C) groups is 1. The molecule has 6 heteroatoms. The van der Waals surface area contributed by atoms with E-state index in [1.807, 2.05) is 42.5 Å². The first kappa shape index (κ1) is 19.5. The van der Waals surface area contributed by atoms with Crippen molar-refractivity contribution < 1.29 is 8.60 Å². The predicted molar refractivity (Wildman–Crippen MR) is 110 cm³/mol. The zero-order valence-corrected chi connectivity index (χ0v) is 16.4. The van der Waals surface area contributed by atoms with Crippen LogP contribution in [0, 0.1) is 5.82 Å². The van der Waals surface area contributed by atoms with Gasteiger partial charge < -0.3 is 10.6 Å². The van der Waals surface area contributed by atoms with Gasteiger partial charge in [0.1, 0.15) is 5.82 Å². The van der Waals surface area contributed by atoms with E-state index in [4.69, 9.17) is 0 Å². The Morgan fingerprint density at radius 1 is 1.11 bits per heavy atom. The number of hydrogen-bond acceptors (Lipinski definition) is 2. The van der Waals surface area contributed by atoms with Gasteiger partial charge in [-0.1, -0.05) is 48.5 Å². The first-order valence-electron chi connectivity index (χ1n) is 9.21. The lowest BCUT2D eigenvalue weighted by Crippen LogP contribution is -2.42. The molecular formula is C21H26FN3OS. The van der Waals surface area contributed by atoms with Gasteiger partial charge in [-0.3, -0.25) is 9.20 Å². The van der Waals surface area contributed by atoms with Crippen molar-refractivity contribution in [3.63, 3.8) is 0 Å². The van der Waals surface area contributed by atoms with Gasteiger partial charge in [-0.2, -0.15) is 0 Å². The zero-order chi connectivity index (χ0) is 19.1. The Morgan fingerprint density at radius 2 is 1.81 bits per heavy atom. The molecule has 1 aliphatic carbocycles. The van der Waals surface area contributed by atoms with Gasteiger partial charge in [0.25, 0.3) is 0 Å². The van der Waals surface area contributed by atoms with Gasteiger partial charge in [-0.05, 0) is 30.0 Å². The van der Waals surface area contributed by atoms with Gasteiger partial charge in [0.2, 0.25) is 0 Å². The largest absolute Gasteiger partial charge is 0.356 e. The second kappa shape index (κ2) is 9.13. The van der Waals surface area contributed by atoms with Crippen LogP contribution in [0.15, 0.2) is 59.6 Å². The maximum atomic E-state index is 14.1. The van der Waals surface area contributed by atoms with E-state index in [0.717, 1.165) is 24.0 Å². The van der Waals surface area contributed by atoms with Crippen molar-refractivity contribution in [1.29, 1.82) is 0 Å². The monoisotopic (exact) mass is 387 g/mol. The van der Waals surface area contributed by atoms with Gasteiger partial charge in [0.15, 0.2) is 5.96 Å². The fourth-order valence-electron chi connectivity index (χ4n) is 3.17. The SMILES string of the molecule is CN=C(NCCS(=O)Cc1ccccc1)NCC1(c2ccccc2F)CC1. The molecular weight excluding hydrogens is 361 g/mol. The van der Waals surface area contributed by atoms with Crippen molar-refractivity contribution in [2.45, 2.75) is 24.0 Å². The lowest BCUT2D eigenvalue weighted by molar-refractivity contribution is 0.560. The Hall–Kier alpha value is -2.21. The van der Waals surface area contributed by atoms with E-state index in [0.29, 0.717) is 30.6 Å². The van der Waals surface area contributed by atoms with E-state index in [9.17, 15) is 8.60 Å². The molecule has 0 aliphatic heterocycles. The van der Waals surface area contributed by atoms with Crippen LogP contribution in [0.5, 0.6) is 0 Å². The van der Waals surface area contributed by atoms with Crippen LogP contribution in [-0.2, 0) is 22.0 Å². The third-order valence-corrected chi connectivity index (χ3v) is 6.22. The van der Waals surface area contributed by atoms with Crippen LogP contribution in [-0.4, -0.2) is 36.1 Å². The van der Waals surface area contributed by atoms with Gasteiger partial charge in [-0.25, -0.2) is 4.39 Å². The van der Waals surface area contributed by atoms with Crippen molar-refractivity contribution in [2.24, 2.45) is 4.99 Å². The molecule has 0 radical (unpaired) electrons. The molecule has 4 nitrogen and oxygen atoms in total. The Labute approximate surface area is 162 Å². The molecule has 1 fully saturated rings. The lowest BCUT2D eigenvalue weighted by atomic mass is 9.95. The fraction of sp³-hybridized carbons (Fsp3) is 0.381. The number of rotatable bonds is 8. The molecule has 1 atom stereocenters. The molecule has 0 heterocycles. The van der Waals surface area contributed by atoms with E-state index < -0.39 is 10.8 Å². The van der Waals surface area contributed by atoms with Gasteiger partial charge in [0, 0.05) is 47.9 Å². The first-order valence-corrected chi connectivity index (χ1v) is 10.7. The summed E-state index contributed by atoms with van der Waals surface area (Å²) in [5.41, 5.74) is 1.72. The molecule has 0 spiro atoms. The number of halogens is 1. The number of nitrogens with one attached hydrogen (secondary N) is 2. The number of benzene rings is 2. The van der Waals surface area contributed by atoms with Crippen LogP contribution < -0.4 is 10.6 Å². The minimum absolute atomic E-state index is 0.140. The van der Waals surface area contributed by atoms with Crippen LogP contribution in [0.3, 0.4) is 0 Å². The normalized spacial score (nSPS) is 16.6. The summed E-state index contributed by atoms with van der Waals surface area (Å²) in [6.07, 6.45) is 1.94. The molecule has 1 saturated carbocycles. The Balaban J connectivity index is 1.44. The highest BCUT2D eigenvalue weighted by atomic mass is 32.2. The van der Waals surface area contributed by atoms with E-state index in [-0.39, 0.29) is 11.2 Å². The molecule has 2 aromatic rings. The second-order valence-corrected chi connectivity index (χ2v) is 8.46. The summed E-state index contributed by atoms with van der Waals surface area (Å²) < 4.78 is 26.3. The highest BCUT2D eigenvalue weighted by molar-refractivity contribution is 7.84. The van der Waals surface area contributed by atoms with E-state index in [2.05, 4.69) is 15.6 Å². The van der Waals surface area contributed by atoms with Gasteiger partial charge >= 0.3 is 0 Å². The van der Waals surface area contributed by atoms with Crippen molar-refractivity contribution in [3.05, 3.63) is 71.5 Å². The van der Waals surface area contributed by atoms with Crippen LogP contribution in [0.25, 0.3) is 0 Å². The molecule has 0 amide bonds. The summed E-state index contributed by atoms with van der Waals surface area (Å²) in [4.78, 5) is 4.22. The number of hydrogen-bond donors (Lipinski definition) is 2. The molecule has 2 aromatic carbocycles. The fourth-order valence-corrected chi connectivity index (χ4v) is 4.21. The molecule has 27 heavy (non-hydrogen) atoms. The molecule has 2 N–H and O–H groups in total. The Bertz CT molecular complexity index is 806. The maximum absolute atomic E-state index is 14.1. The molecule has 1 aliphatic rings. The van der Waals surface area contributed by atoms with E-state index >= 15 is 0 Å². The summed E-state index contributed by atoms with van der Waals surface area (Å²) in [5.74, 6) is 1.63. The molecule has 3 rings (SSSR count). The van der Waals surface area contributed by atoms with Crippen LogP contribution in [0.1, 0.15) is 24.0 Å². The summed E-state index contributed by atoms with van der Waals surface area (Å²) in [6.45, 7) is 1.21. The van der Waals surface area contributed by atoms with E-state index in [1.54, 1.807) is 13.1 Å². The third-order valence-electron chi connectivity index (χ3n) is 4.91. The first-order chi connectivity index (χ1) is 13.1. The lowest BCUT2D eigenvalue weighted by Gasteiger charge is -2.19. The van der Waals surface area contributed by atoms with Crippen LogP contribution >= 0.6 is 0 Å². The molecule has 1 unspecified atom stereocenters. The standard InChI is InChI=1S/C21H26FN3OS/c1-23-20(24-13-14-27(26)15-17-7-3-2-4-8-17)25-16-21(11-12-21)18-9-5-6-10-19(18)22/h2-10H,11-16H2,1H3,(H2,23,24,25). The third kappa shape index (κ3) is 5.39. The molecule has 144 valence electrons. The minimum atomic E-state index is -0.926. The molecule has 0 bridgehead atoms. The Kier molecular flexibility index (Phi) is 6.61. The highest BCUT2D eigenvalue weighted by Crippen LogP contribution is 2.48. The number of guanidine groups is 1. The van der Waals surface area contributed by atoms with Gasteiger partial charge in [-0.15, -0.1) is 0 Å². The average Bonchev–Trinajstić information content (AvgIpc) is 3.46. The Morgan fingerprint density at radius 3 is 2.48 bits per heavy atom. The van der Waals surface area contributed by atoms with Gasteiger partial charge in [0.05, 0.1) is 0 Å². The second-order valence-electron chi connectivity index (χ2n) is 6.89. The summed E-state index contributed by atoms with van der Waals surface area (Å²) in [6, 6.07) is 16.8. The summed E-state index contributed by atoms with van der Waals surface area (Å²) in [7, 11) is 0.782. The zero-order valence-electron chi connectivity index (χ0n) is 15.6. The average molecular weight is 388 g/mol. The highest BCUT2D eigenvalue weighted by Gasteiger charge is 2.45. The smallest absolute Gasteiger partial charge is 0.191 e. The topological polar surface area (TPSA) is 53.5 Å². The van der Waals surface area contributed by atoms with Crippen molar-refractivity contribution in [1.82, 2.24) is 10.6 Å². The van der Waals surface area contributed by atoms with E-state index in [1.165, 1.54) is 6.07 Å². The predicted octanol–water partition coefficient (Wildman–Crippen LogP) is 2.97. The van der Waals surface area contributed by atoms with Crippen molar-refractivity contribution in [2.75, 3.05) is 25.9 Å². The van der Waals surface area contributed by atoms with Crippen molar-refractivity contribution in [3.8, 4) is 0 Å². The summed E-state index contributed by atoms with van der Waals surface area (Å²) in [5, 5.41) is 6.50. The van der Waals surface area contributed by atoms with Crippen LogP contribution in [0.2, 0.25) is 0 Å². The summed E-state index contributed by atoms with van der Waals surface area (Å²) >= 11 is 0. The molecule has 0 saturated heterocycles. The van der Waals surface area contributed by atoms with Crippen LogP contribution in [0.4, 0.5) is 4.39 Å². The quantitative estimate of drug-likeness (QED) is 0.541.